The summed E-state index contributed by atoms with van der Waals surface area (Å²) in [4.78, 5) is 30.2. The van der Waals surface area contributed by atoms with Crippen LogP contribution in [0.4, 0.5) is 10.5 Å². The van der Waals surface area contributed by atoms with Crippen molar-refractivity contribution in [2.75, 3.05) is 18.5 Å². The minimum absolute atomic E-state index is 0.146. The number of rotatable bonds is 8. The first-order valence-electron chi connectivity index (χ1n) is 11.6. The number of fused-ring (bicyclic) bond motifs is 1. The number of amides is 2. The summed E-state index contributed by atoms with van der Waals surface area (Å²) < 4.78 is 8.12. The van der Waals surface area contributed by atoms with E-state index in [-0.39, 0.29) is 18.8 Å². The Morgan fingerprint density at radius 1 is 1.22 bits per heavy atom. The molecule has 0 radical (unpaired) electrons. The van der Waals surface area contributed by atoms with Crippen LogP contribution in [-0.4, -0.2) is 54.4 Å². The molecule has 0 atom stereocenters. The number of urea groups is 1. The van der Waals surface area contributed by atoms with Gasteiger partial charge in [-0.2, -0.15) is 4.98 Å². The molecule has 1 fully saturated rings. The van der Waals surface area contributed by atoms with Crippen LogP contribution in [0.1, 0.15) is 31.0 Å². The smallest absolute Gasteiger partial charge is 0.319 e. The summed E-state index contributed by atoms with van der Waals surface area (Å²) in [6.07, 6.45) is 5.18. The Morgan fingerprint density at radius 3 is 2.78 bits per heavy atom. The number of pyridine rings is 1. The van der Waals surface area contributed by atoms with Crippen molar-refractivity contribution in [3.63, 3.8) is 0 Å². The molecule has 0 bridgehead atoms. The molecule has 1 aromatic carbocycles. The van der Waals surface area contributed by atoms with Crippen molar-refractivity contribution in [2.45, 2.75) is 38.8 Å². The van der Waals surface area contributed by atoms with Crippen LogP contribution in [0.25, 0.3) is 22.6 Å². The van der Waals surface area contributed by atoms with E-state index in [9.17, 15) is 4.79 Å². The van der Waals surface area contributed by atoms with Gasteiger partial charge in [0.05, 0.1) is 23.9 Å². The number of benzene rings is 1. The SMILES string of the molecule is Cc1ccnc(Cn2c(-c3ccc(NC(=O)NCCO)cc3Cl)nc3c(OC4(C)CC4)ncnc32)c1. The number of nitrogens with one attached hydrogen (secondary N) is 2. The lowest BCUT2D eigenvalue weighted by atomic mass is 10.2. The summed E-state index contributed by atoms with van der Waals surface area (Å²) in [5.41, 5.74) is 4.05. The van der Waals surface area contributed by atoms with E-state index in [2.05, 4.69) is 32.5 Å². The molecular formula is C25H26ClN7O3. The van der Waals surface area contributed by atoms with Gasteiger partial charge in [-0.1, -0.05) is 11.6 Å². The number of carbonyl (C=O) groups is 1. The van der Waals surface area contributed by atoms with Gasteiger partial charge in [-0.15, -0.1) is 0 Å². The maximum absolute atomic E-state index is 12.0. The Kier molecular flexibility index (Phi) is 6.46. The fourth-order valence-corrected chi connectivity index (χ4v) is 4.09. The molecule has 2 amide bonds. The van der Waals surface area contributed by atoms with Gasteiger partial charge >= 0.3 is 6.03 Å². The van der Waals surface area contributed by atoms with Gasteiger partial charge in [-0.25, -0.2) is 14.8 Å². The fourth-order valence-electron chi connectivity index (χ4n) is 3.82. The highest BCUT2D eigenvalue weighted by Gasteiger charge is 2.41. The first kappa shape index (κ1) is 24.0. The van der Waals surface area contributed by atoms with Gasteiger partial charge in [0.2, 0.25) is 5.88 Å². The van der Waals surface area contributed by atoms with Crippen LogP contribution in [0, 0.1) is 6.92 Å². The predicted octanol–water partition coefficient (Wildman–Crippen LogP) is 3.94. The molecule has 11 heteroatoms. The number of aryl methyl sites for hydroxylation is 1. The van der Waals surface area contributed by atoms with E-state index >= 15 is 0 Å². The lowest BCUT2D eigenvalue weighted by molar-refractivity contribution is 0.194. The third kappa shape index (κ3) is 5.09. The molecule has 1 aliphatic rings. The van der Waals surface area contributed by atoms with Crippen LogP contribution in [0.5, 0.6) is 5.88 Å². The second-order valence-electron chi connectivity index (χ2n) is 9.05. The van der Waals surface area contributed by atoms with Crippen LogP contribution >= 0.6 is 11.6 Å². The van der Waals surface area contributed by atoms with Gasteiger partial charge in [-0.3, -0.25) is 4.98 Å². The van der Waals surface area contributed by atoms with Gasteiger partial charge in [0, 0.05) is 24.0 Å². The van der Waals surface area contributed by atoms with Crippen molar-refractivity contribution in [2.24, 2.45) is 0 Å². The number of hydrogen-bond donors (Lipinski definition) is 3. The van der Waals surface area contributed by atoms with Gasteiger partial charge < -0.3 is 25.0 Å². The lowest BCUT2D eigenvalue weighted by Crippen LogP contribution is -2.30. The molecule has 4 aromatic rings. The van der Waals surface area contributed by atoms with Crippen molar-refractivity contribution in [1.29, 1.82) is 0 Å². The highest BCUT2D eigenvalue weighted by molar-refractivity contribution is 6.33. The number of aliphatic hydroxyl groups excluding tert-OH is 1. The highest BCUT2D eigenvalue weighted by Crippen LogP contribution is 2.41. The zero-order valence-electron chi connectivity index (χ0n) is 20.0. The largest absolute Gasteiger partial charge is 0.470 e. The zero-order chi connectivity index (χ0) is 25.3. The molecule has 0 unspecified atom stereocenters. The Morgan fingerprint density at radius 2 is 2.06 bits per heavy atom. The van der Waals surface area contributed by atoms with Crippen LogP contribution in [0.2, 0.25) is 5.02 Å². The van der Waals surface area contributed by atoms with E-state index in [0.717, 1.165) is 24.1 Å². The molecule has 5 rings (SSSR count). The van der Waals surface area contributed by atoms with Crippen LogP contribution < -0.4 is 15.4 Å². The molecule has 1 saturated carbocycles. The first-order valence-corrected chi connectivity index (χ1v) is 12.0. The number of carbonyl (C=O) groups excluding carboxylic acids is 1. The lowest BCUT2D eigenvalue weighted by Gasteiger charge is -2.12. The molecule has 36 heavy (non-hydrogen) atoms. The maximum atomic E-state index is 12.0. The van der Waals surface area contributed by atoms with Crippen LogP contribution in [0.3, 0.4) is 0 Å². The van der Waals surface area contributed by atoms with E-state index in [1.54, 1.807) is 24.4 Å². The quantitative estimate of drug-likeness (QED) is 0.329. The molecule has 3 N–H and O–H groups in total. The third-order valence-corrected chi connectivity index (χ3v) is 6.27. The van der Waals surface area contributed by atoms with Crippen molar-refractivity contribution >= 4 is 34.5 Å². The van der Waals surface area contributed by atoms with Gasteiger partial charge in [0.25, 0.3) is 0 Å². The van der Waals surface area contributed by atoms with E-state index in [1.807, 2.05) is 23.6 Å². The Labute approximate surface area is 212 Å². The zero-order valence-corrected chi connectivity index (χ0v) is 20.7. The summed E-state index contributed by atoms with van der Waals surface area (Å²) in [5, 5.41) is 14.5. The number of nitrogens with zero attached hydrogens (tertiary/aromatic N) is 5. The first-order chi connectivity index (χ1) is 17.3. The number of anilines is 1. The summed E-state index contributed by atoms with van der Waals surface area (Å²) in [7, 11) is 0. The van der Waals surface area contributed by atoms with Crippen molar-refractivity contribution < 1.29 is 14.6 Å². The van der Waals surface area contributed by atoms with E-state index < -0.39 is 6.03 Å². The number of halogens is 1. The monoisotopic (exact) mass is 507 g/mol. The predicted molar refractivity (Wildman–Crippen MR) is 136 cm³/mol. The summed E-state index contributed by atoms with van der Waals surface area (Å²) in [6.45, 7) is 4.49. The molecule has 3 heterocycles. The maximum Gasteiger partial charge on any atom is 0.319 e. The Hall–Kier alpha value is -3.76. The molecular weight excluding hydrogens is 482 g/mol. The Balaban J connectivity index is 1.57. The van der Waals surface area contributed by atoms with Gasteiger partial charge in [-0.05, 0) is 62.6 Å². The van der Waals surface area contributed by atoms with Crippen LogP contribution in [0.15, 0.2) is 42.9 Å². The summed E-state index contributed by atoms with van der Waals surface area (Å²) in [6, 6.07) is 8.71. The normalized spacial score (nSPS) is 14.0. The highest BCUT2D eigenvalue weighted by atomic mass is 35.5. The minimum atomic E-state index is -0.434. The number of hydrogen-bond acceptors (Lipinski definition) is 7. The molecule has 1 aliphatic carbocycles. The minimum Gasteiger partial charge on any atom is -0.470 e. The van der Waals surface area contributed by atoms with Crippen molar-refractivity contribution in [3.05, 3.63) is 59.1 Å². The fraction of sp³-hybridized carbons (Fsp3) is 0.320. The van der Waals surface area contributed by atoms with Crippen LogP contribution in [-0.2, 0) is 6.54 Å². The van der Waals surface area contributed by atoms with Gasteiger partial charge in [0.15, 0.2) is 11.2 Å². The van der Waals surface area contributed by atoms with E-state index in [4.69, 9.17) is 26.4 Å². The molecule has 0 spiro atoms. The second kappa shape index (κ2) is 9.71. The van der Waals surface area contributed by atoms with E-state index in [0.29, 0.717) is 45.7 Å². The number of ether oxygens (including phenoxy) is 1. The molecule has 186 valence electrons. The molecule has 0 saturated heterocycles. The van der Waals surface area contributed by atoms with Gasteiger partial charge in [0.1, 0.15) is 17.8 Å². The molecule has 10 nitrogen and oxygen atoms in total. The molecule has 3 aromatic heterocycles. The topological polar surface area (TPSA) is 127 Å². The van der Waals surface area contributed by atoms with E-state index in [1.165, 1.54) is 6.33 Å². The average Bonchev–Trinajstić information content (AvgIpc) is 3.46. The Bertz CT molecular complexity index is 1430. The number of imidazole rings is 1. The summed E-state index contributed by atoms with van der Waals surface area (Å²) in [5.74, 6) is 1.02. The molecule has 0 aliphatic heterocycles. The van der Waals surface area contributed by atoms with Crippen molar-refractivity contribution in [1.82, 2.24) is 29.8 Å². The van der Waals surface area contributed by atoms with Crippen molar-refractivity contribution in [3.8, 4) is 17.3 Å². The third-order valence-electron chi connectivity index (χ3n) is 5.95. The number of aromatic nitrogens is 5. The average molecular weight is 508 g/mol. The summed E-state index contributed by atoms with van der Waals surface area (Å²) >= 11 is 6.69. The standard InChI is InChI=1S/C25H26ClN7O3/c1-15-5-8-27-17(11-15)13-33-21(18-4-3-16(12-19(18)26)31-24(35)28-9-10-34)32-20-22(33)29-14-30-23(20)36-25(2)6-7-25/h3-5,8,11-12,14,34H,6-7,9-10,13H2,1-2H3,(H2,28,31,35). The second-order valence-corrected chi connectivity index (χ2v) is 9.46. The number of aliphatic hydroxyl groups is 1.